The van der Waals surface area contributed by atoms with Crippen LogP contribution in [-0.4, -0.2) is 17.9 Å². The summed E-state index contributed by atoms with van der Waals surface area (Å²) < 4.78 is 5.45. The van der Waals surface area contributed by atoms with Gasteiger partial charge in [0.1, 0.15) is 6.10 Å². The van der Waals surface area contributed by atoms with E-state index >= 15 is 0 Å². The van der Waals surface area contributed by atoms with Crippen molar-refractivity contribution in [3.63, 3.8) is 0 Å². The zero-order valence-corrected chi connectivity index (χ0v) is 11.1. The highest BCUT2D eigenvalue weighted by Crippen LogP contribution is 2.60. The van der Waals surface area contributed by atoms with Gasteiger partial charge in [-0.25, -0.2) is 4.79 Å². The first-order valence-electron chi connectivity index (χ1n) is 6.48. The summed E-state index contributed by atoms with van der Waals surface area (Å²) in [4.78, 5) is 23.9. The number of ether oxygens (including phenoxy) is 1. The molecular weight excluding hydrogens is 228 g/mol. The molecule has 0 saturated carbocycles. The van der Waals surface area contributed by atoms with Crippen LogP contribution in [0.2, 0.25) is 0 Å². The standard InChI is InChI=1S/C15H18O3/c1-9-4-5-15-8-12(9)18-13(17)11(15)6-10(16)7-14(15,2)3/h4,6,12H,5,7-8H2,1-3H3. The average Bonchev–Trinajstić information content (AvgIpc) is 2.26. The van der Waals surface area contributed by atoms with Crippen molar-refractivity contribution in [3.05, 3.63) is 23.3 Å². The second-order valence-corrected chi connectivity index (χ2v) is 6.42. The van der Waals surface area contributed by atoms with Crippen LogP contribution in [0.1, 0.15) is 40.0 Å². The highest BCUT2D eigenvalue weighted by Gasteiger charge is 2.58. The number of esters is 1. The molecule has 0 aromatic heterocycles. The van der Waals surface area contributed by atoms with E-state index in [1.54, 1.807) is 0 Å². The molecule has 0 aromatic rings. The number of fused-ring (bicyclic) bond motifs is 1. The monoisotopic (exact) mass is 246 g/mol. The molecule has 0 amide bonds. The lowest BCUT2D eigenvalue weighted by Gasteiger charge is -2.55. The van der Waals surface area contributed by atoms with Crippen molar-refractivity contribution in [2.45, 2.75) is 46.1 Å². The molecular formula is C15H18O3. The second kappa shape index (κ2) is 3.34. The number of hydrogen-bond acceptors (Lipinski definition) is 3. The summed E-state index contributed by atoms with van der Waals surface area (Å²) in [7, 11) is 0. The van der Waals surface area contributed by atoms with E-state index in [2.05, 4.69) is 19.9 Å². The lowest BCUT2D eigenvalue weighted by molar-refractivity contribution is -0.158. The van der Waals surface area contributed by atoms with Gasteiger partial charge in [-0.1, -0.05) is 19.9 Å². The smallest absolute Gasteiger partial charge is 0.335 e. The van der Waals surface area contributed by atoms with Gasteiger partial charge in [0.25, 0.3) is 0 Å². The van der Waals surface area contributed by atoms with Gasteiger partial charge in [-0.05, 0) is 36.8 Å². The first-order chi connectivity index (χ1) is 8.36. The first kappa shape index (κ1) is 11.7. The molecule has 1 fully saturated rings. The summed E-state index contributed by atoms with van der Waals surface area (Å²) >= 11 is 0. The van der Waals surface area contributed by atoms with Crippen LogP contribution in [0, 0.1) is 10.8 Å². The Bertz CT molecular complexity index is 510. The average molecular weight is 246 g/mol. The summed E-state index contributed by atoms with van der Waals surface area (Å²) in [5, 5.41) is 0. The molecule has 2 bridgehead atoms. The highest BCUT2D eigenvalue weighted by atomic mass is 16.5. The Balaban J connectivity index is 2.20. The molecule has 3 rings (SSSR count). The minimum atomic E-state index is -0.292. The Morgan fingerprint density at radius 2 is 2.06 bits per heavy atom. The molecule has 2 unspecified atom stereocenters. The van der Waals surface area contributed by atoms with E-state index in [9.17, 15) is 9.59 Å². The van der Waals surface area contributed by atoms with E-state index in [0.29, 0.717) is 12.0 Å². The van der Waals surface area contributed by atoms with Crippen molar-refractivity contribution in [3.8, 4) is 0 Å². The van der Waals surface area contributed by atoms with Gasteiger partial charge >= 0.3 is 5.97 Å². The molecule has 18 heavy (non-hydrogen) atoms. The van der Waals surface area contributed by atoms with E-state index < -0.39 is 0 Å². The summed E-state index contributed by atoms with van der Waals surface area (Å²) in [5.41, 5.74) is 1.35. The van der Waals surface area contributed by atoms with Crippen LogP contribution in [0.5, 0.6) is 0 Å². The fourth-order valence-corrected chi connectivity index (χ4v) is 3.70. The zero-order chi connectivity index (χ0) is 13.1. The predicted molar refractivity (Wildman–Crippen MR) is 66.8 cm³/mol. The summed E-state index contributed by atoms with van der Waals surface area (Å²) in [6.45, 7) is 6.21. The third-order valence-corrected chi connectivity index (χ3v) is 5.02. The quantitative estimate of drug-likeness (QED) is 0.487. The molecule has 3 heteroatoms. The molecule has 0 aromatic carbocycles. The Morgan fingerprint density at radius 1 is 1.33 bits per heavy atom. The van der Waals surface area contributed by atoms with Gasteiger partial charge < -0.3 is 4.74 Å². The fraction of sp³-hybridized carbons (Fsp3) is 0.600. The zero-order valence-electron chi connectivity index (χ0n) is 11.1. The Kier molecular flexibility index (Phi) is 2.17. The number of carbonyl (C=O) groups excluding carboxylic acids is 2. The Labute approximate surface area is 107 Å². The van der Waals surface area contributed by atoms with Crippen molar-refractivity contribution >= 4 is 11.8 Å². The van der Waals surface area contributed by atoms with E-state index in [1.165, 1.54) is 6.08 Å². The van der Waals surface area contributed by atoms with Crippen LogP contribution < -0.4 is 0 Å². The number of ketones is 1. The lowest BCUT2D eigenvalue weighted by Crippen LogP contribution is -2.53. The largest absolute Gasteiger partial charge is 0.454 e. The number of carbonyl (C=O) groups is 2. The van der Waals surface area contributed by atoms with Crippen molar-refractivity contribution in [1.82, 2.24) is 0 Å². The molecule has 1 aliphatic heterocycles. The highest BCUT2D eigenvalue weighted by molar-refractivity contribution is 6.03. The fourth-order valence-electron chi connectivity index (χ4n) is 3.70. The molecule has 0 N–H and O–H groups in total. The topological polar surface area (TPSA) is 43.4 Å². The van der Waals surface area contributed by atoms with E-state index in [4.69, 9.17) is 4.74 Å². The molecule has 96 valence electrons. The van der Waals surface area contributed by atoms with Crippen LogP contribution in [0.3, 0.4) is 0 Å². The van der Waals surface area contributed by atoms with Crippen LogP contribution >= 0.6 is 0 Å². The number of allylic oxidation sites excluding steroid dienone is 2. The van der Waals surface area contributed by atoms with Crippen LogP contribution in [0.4, 0.5) is 0 Å². The maximum Gasteiger partial charge on any atom is 0.335 e. The van der Waals surface area contributed by atoms with Gasteiger partial charge in [0.05, 0.1) is 0 Å². The Morgan fingerprint density at radius 3 is 2.78 bits per heavy atom. The third kappa shape index (κ3) is 1.30. The minimum absolute atomic E-state index is 0.0438. The van der Waals surface area contributed by atoms with Gasteiger partial charge in [-0.15, -0.1) is 0 Å². The number of rotatable bonds is 0. The van der Waals surface area contributed by atoms with E-state index in [0.717, 1.165) is 18.4 Å². The SMILES string of the molecule is CC1=CCC23CC1OC(=O)C2=CC(=O)CC3(C)C. The third-order valence-electron chi connectivity index (χ3n) is 5.02. The molecule has 3 aliphatic rings. The first-order valence-corrected chi connectivity index (χ1v) is 6.48. The molecule has 2 aliphatic carbocycles. The maximum absolute atomic E-state index is 12.1. The summed E-state index contributed by atoms with van der Waals surface area (Å²) in [5.74, 6) is -0.248. The van der Waals surface area contributed by atoms with Crippen molar-refractivity contribution in [2.75, 3.05) is 0 Å². The van der Waals surface area contributed by atoms with Crippen molar-refractivity contribution in [2.24, 2.45) is 10.8 Å². The Hall–Kier alpha value is -1.38. The molecule has 1 saturated heterocycles. The predicted octanol–water partition coefficient (Wildman–Crippen LogP) is 2.56. The van der Waals surface area contributed by atoms with Crippen molar-refractivity contribution in [1.29, 1.82) is 0 Å². The van der Waals surface area contributed by atoms with Crippen LogP contribution in [0.15, 0.2) is 23.3 Å². The van der Waals surface area contributed by atoms with Crippen LogP contribution in [0.25, 0.3) is 0 Å². The normalized spacial score (nSPS) is 37.4. The van der Waals surface area contributed by atoms with Gasteiger partial charge in [0.15, 0.2) is 5.78 Å². The molecule has 0 radical (unpaired) electrons. The van der Waals surface area contributed by atoms with E-state index in [-0.39, 0.29) is 28.7 Å². The van der Waals surface area contributed by atoms with Crippen LogP contribution in [-0.2, 0) is 14.3 Å². The van der Waals surface area contributed by atoms with E-state index in [1.807, 2.05) is 6.92 Å². The summed E-state index contributed by atoms with van der Waals surface area (Å²) in [6, 6.07) is 0. The number of hydrogen-bond donors (Lipinski definition) is 0. The second-order valence-electron chi connectivity index (χ2n) is 6.42. The molecule has 1 spiro atoms. The van der Waals surface area contributed by atoms with Gasteiger partial charge in [0, 0.05) is 17.4 Å². The minimum Gasteiger partial charge on any atom is -0.454 e. The summed E-state index contributed by atoms with van der Waals surface area (Å²) in [6.07, 6.45) is 5.79. The van der Waals surface area contributed by atoms with Gasteiger partial charge in [-0.3, -0.25) is 4.79 Å². The van der Waals surface area contributed by atoms with Gasteiger partial charge in [0.2, 0.25) is 0 Å². The molecule has 2 atom stereocenters. The molecule has 1 heterocycles. The lowest BCUT2D eigenvalue weighted by atomic mass is 9.51. The maximum atomic E-state index is 12.1. The van der Waals surface area contributed by atoms with Crippen molar-refractivity contribution < 1.29 is 14.3 Å². The molecule has 3 nitrogen and oxygen atoms in total. The van der Waals surface area contributed by atoms with Gasteiger partial charge in [-0.2, -0.15) is 0 Å².